The molecule has 2 rings (SSSR count). The van der Waals surface area contributed by atoms with Gasteiger partial charge >= 0.3 is 0 Å². The van der Waals surface area contributed by atoms with Crippen LogP contribution >= 0.6 is 11.9 Å². The van der Waals surface area contributed by atoms with Crippen LogP contribution in [0.5, 0.6) is 0 Å². The molecular formula is C12H10BF5N2S. The molecule has 0 amide bonds. The van der Waals surface area contributed by atoms with E-state index in [1.165, 1.54) is 0 Å². The molecule has 1 fully saturated rings. The van der Waals surface area contributed by atoms with Gasteiger partial charge in [0.2, 0.25) is 5.82 Å². The maximum atomic E-state index is 13.4. The summed E-state index contributed by atoms with van der Waals surface area (Å²) in [7, 11) is 0. The fraction of sp³-hybridized carbons (Fsp3) is 0.417. The number of nitriles is 1. The van der Waals surface area contributed by atoms with Crippen LogP contribution in [0, 0.1) is 40.3 Å². The Morgan fingerprint density at radius 3 is 1.90 bits per heavy atom. The second-order valence-electron chi connectivity index (χ2n) is 4.80. The van der Waals surface area contributed by atoms with Crippen molar-refractivity contribution in [1.29, 1.82) is 5.26 Å². The summed E-state index contributed by atoms with van der Waals surface area (Å²) in [4.78, 5) is -0.936. The molecule has 1 heterocycles. The van der Waals surface area contributed by atoms with Gasteiger partial charge in [-0.25, -0.2) is 27.2 Å². The number of halogens is 5. The summed E-state index contributed by atoms with van der Waals surface area (Å²) >= 11 is 0.396. The van der Waals surface area contributed by atoms with Crippen molar-refractivity contribution in [2.75, 3.05) is 0 Å². The second kappa shape index (κ2) is 6.66. The van der Waals surface area contributed by atoms with Crippen LogP contribution in [0.1, 0.15) is 12.8 Å². The molecule has 0 atom stereocenters. The van der Waals surface area contributed by atoms with E-state index in [0.717, 1.165) is 0 Å². The van der Waals surface area contributed by atoms with Crippen molar-refractivity contribution in [1.82, 2.24) is 4.72 Å². The fourth-order valence-electron chi connectivity index (χ4n) is 2.16. The van der Waals surface area contributed by atoms with Crippen LogP contribution < -0.4 is 4.72 Å². The number of hydrogen-bond acceptors (Lipinski definition) is 3. The standard InChI is InChI=1S/C12H10BF5N2S/c14-7-8(15)10(17)12(11(18)9(7)16)21-20-6-1-3-13(5-19)4-2-6/h6,20H,1-4H2. The van der Waals surface area contributed by atoms with E-state index in [-0.39, 0.29) is 12.8 Å². The molecule has 1 N–H and O–H groups in total. The lowest BCUT2D eigenvalue weighted by atomic mass is 9.42. The Hall–Kier alpha value is -1.27. The Kier molecular flexibility index (Phi) is 5.11. The van der Waals surface area contributed by atoms with Crippen LogP contribution in [0.25, 0.3) is 0 Å². The SMILES string of the molecule is N#CB1CCC(NSc2c(F)c(F)c(F)c(F)c2F)CC1. The Morgan fingerprint density at radius 1 is 0.952 bits per heavy atom. The predicted octanol–water partition coefficient (Wildman–Crippen LogP) is 3.70. The van der Waals surface area contributed by atoms with Gasteiger partial charge in [-0.1, -0.05) is 12.6 Å². The molecule has 21 heavy (non-hydrogen) atoms. The number of hydrogen-bond donors (Lipinski definition) is 1. The molecule has 9 heteroatoms. The zero-order valence-electron chi connectivity index (χ0n) is 10.7. The van der Waals surface area contributed by atoms with Gasteiger partial charge in [0.05, 0.1) is 0 Å². The van der Waals surface area contributed by atoms with E-state index < -0.39 is 34.0 Å². The van der Waals surface area contributed by atoms with Crippen molar-refractivity contribution in [2.24, 2.45) is 0 Å². The summed E-state index contributed by atoms with van der Waals surface area (Å²) in [5.74, 6) is -7.60. The molecular weight excluding hydrogens is 310 g/mol. The monoisotopic (exact) mass is 320 g/mol. The van der Waals surface area contributed by atoms with Crippen LogP contribution in [0.4, 0.5) is 22.0 Å². The highest BCUT2D eigenvalue weighted by Gasteiger charge is 2.28. The van der Waals surface area contributed by atoms with Gasteiger partial charge in [-0.3, -0.25) is 4.72 Å². The first kappa shape index (κ1) is 16.1. The van der Waals surface area contributed by atoms with E-state index in [2.05, 4.69) is 10.7 Å². The summed E-state index contributed by atoms with van der Waals surface area (Å²) < 4.78 is 68.5. The average molecular weight is 320 g/mol. The molecule has 1 aromatic rings. The first-order valence-corrected chi connectivity index (χ1v) is 7.10. The van der Waals surface area contributed by atoms with Gasteiger partial charge < -0.3 is 0 Å². The van der Waals surface area contributed by atoms with Gasteiger partial charge in [0.25, 0.3) is 6.71 Å². The highest BCUT2D eigenvalue weighted by Crippen LogP contribution is 2.31. The van der Waals surface area contributed by atoms with E-state index in [4.69, 9.17) is 5.26 Å². The van der Waals surface area contributed by atoms with Crippen molar-refractivity contribution in [3.05, 3.63) is 29.1 Å². The van der Waals surface area contributed by atoms with Crippen LogP contribution in [0.3, 0.4) is 0 Å². The third-order valence-electron chi connectivity index (χ3n) is 3.41. The van der Waals surface area contributed by atoms with Crippen LogP contribution in [0.2, 0.25) is 12.6 Å². The van der Waals surface area contributed by atoms with Gasteiger partial charge in [0.1, 0.15) is 4.90 Å². The summed E-state index contributed by atoms with van der Waals surface area (Å²) in [6, 6.07) is -0.130. The van der Waals surface area contributed by atoms with E-state index in [0.29, 0.717) is 37.4 Å². The minimum absolute atomic E-state index is 0.0396. The Bertz CT molecular complexity index is 555. The lowest BCUT2D eigenvalue weighted by Crippen LogP contribution is -2.31. The van der Waals surface area contributed by atoms with Crippen LogP contribution in [-0.4, -0.2) is 12.8 Å². The molecule has 0 aliphatic carbocycles. The third-order valence-corrected chi connectivity index (χ3v) is 4.42. The fourth-order valence-corrected chi connectivity index (χ4v) is 3.04. The second-order valence-corrected chi connectivity index (χ2v) is 5.64. The summed E-state index contributed by atoms with van der Waals surface area (Å²) in [6.07, 6.45) is 2.51. The van der Waals surface area contributed by atoms with Crippen molar-refractivity contribution in [3.8, 4) is 5.97 Å². The topological polar surface area (TPSA) is 35.8 Å². The minimum atomic E-state index is -2.16. The normalized spacial score (nSPS) is 16.1. The molecule has 1 saturated heterocycles. The largest absolute Gasteiger partial charge is 0.267 e. The average Bonchev–Trinajstić information content (AvgIpc) is 2.51. The van der Waals surface area contributed by atoms with Gasteiger partial charge in [-0.15, -0.1) is 0 Å². The van der Waals surface area contributed by atoms with Gasteiger partial charge in [-0.05, 0) is 24.8 Å². The lowest BCUT2D eigenvalue weighted by Gasteiger charge is -2.23. The molecule has 1 aliphatic heterocycles. The highest BCUT2D eigenvalue weighted by atomic mass is 32.2. The molecule has 2 nitrogen and oxygen atoms in total. The van der Waals surface area contributed by atoms with E-state index in [1.807, 2.05) is 0 Å². The first-order valence-electron chi connectivity index (χ1n) is 6.29. The van der Waals surface area contributed by atoms with E-state index >= 15 is 0 Å². The highest BCUT2D eigenvalue weighted by molar-refractivity contribution is 7.97. The molecule has 0 spiro atoms. The van der Waals surface area contributed by atoms with E-state index in [9.17, 15) is 22.0 Å². The van der Waals surface area contributed by atoms with Crippen molar-refractivity contribution in [2.45, 2.75) is 36.4 Å². The number of nitrogens with one attached hydrogen (secondary N) is 1. The molecule has 0 unspecified atom stereocenters. The molecule has 0 aromatic heterocycles. The van der Waals surface area contributed by atoms with Gasteiger partial charge in [0, 0.05) is 12.0 Å². The molecule has 1 aliphatic rings. The maximum Gasteiger partial charge on any atom is 0.267 e. The zero-order chi connectivity index (χ0) is 15.6. The number of nitrogens with zero attached hydrogens (tertiary/aromatic N) is 1. The molecule has 0 radical (unpaired) electrons. The van der Waals surface area contributed by atoms with Crippen molar-refractivity contribution in [3.63, 3.8) is 0 Å². The summed E-state index contributed by atoms with van der Waals surface area (Å²) in [6.45, 7) is -0.0396. The van der Waals surface area contributed by atoms with Crippen LogP contribution in [-0.2, 0) is 0 Å². The minimum Gasteiger partial charge on any atom is -0.257 e. The number of benzene rings is 1. The quantitative estimate of drug-likeness (QED) is 0.303. The Morgan fingerprint density at radius 2 is 1.43 bits per heavy atom. The van der Waals surface area contributed by atoms with Crippen molar-refractivity contribution >= 4 is 18.7 Å². The Balaban J connectivity index is 2.06. The molecule has 0 saturated carbocycles. The first-order chi connectivity index (χ1) is 9.95. The van der Waals surface area contributed by atoms with Crippen LogP contribution in [0.15, 0.2) is 4.90 Å². The Labute approximate surface area is 122 Å². The molecule has 1 aromatic carbocycles. The lowest BCUT2D eigenvalue weighted by molar-refractivity contribution is 0.360. The zero-order valence-corrected chi connectivity index (χ0v) is 11.5. The van der Waals surface area contributed by atoms with Crippen molar-refractivity contribution < 1.29 is 22.0 Å². The predicted molar refractivity (Wildman–Crippen MR) is 69.2 cm³/mol. The summed E-state index contributed by atoms with van der Waals surface area (Å²) in [5, 5.41) is 8.75. The molecule has 112 valence electrons. The number of rotatable bonds is 3. The summed E-state index contributed by atoms with van der Waals surface area (Å²) in [5.41, 5.74) is 0. The van der Waals surface area contributed by atoms with Gasteiger partial charge in [-0.2, -0.15) is 0 Å². The maximum absolute atomic E-state index is 13.4. The third kappa shape index (κ3) is 3.32. The van der Waals surface area contributed by atoms with Gasteiger partial charge in [0.15, 0.2) is 23.3 Å². The smallest absolute Gasteiger partial charge is 0.257 e. The molecule has 0 bridgehead atoms. The van der Waals surface area contributed by atoms with E-state index in [1.54, 1.807) is 0 Å².